The van der Waals surface area contributed by atoms with Crippen molar-refractivity contribution in [2.45, 2.75) is 44.6 Å². The van der Waals surface area contributed by atoms with Gasteiger partial charge in [-0.2, -0.15) is 13.2 Å². The second-order valence-corrected chi connectivity index (χ2v) is 6.83. The smallest absolute Gasteiger partial charge is 0.463 e. The molecule has 34 heavy (non-hydrogen) atoms. The normalized spacial score (nSPS) is 21.8. The van der Waals surface area contributed by atoms with Gasteiger partial charge in [0.2, 0.25) is 0 Å². The number of esters is 2. The average molecular weight is 491 g/mol. The lowest BCUT2D eigenvalue weighted by Gasteiger charge is -2.23. The number of nitrogens with zero attached hydrogens (tertiary/aromatic N) is 1. The minimum absolute atomic E-state index is 0.340. The fraction of sp³-hybridized carbons (Fsp3) is 0.526. The summed E-state index contributed by atoms with van der Waals surface area (Å²) in [7, 11) is 1.24. The van der Waals surface area contributed by atoms with Crippen LogP contribution in [0.15, 0.2) is 15.8 Å². The number of hydrogen-bond acceptors (Lipinski definition) is 9. The second kappa shape index (κ2) is 11.0. The molecule has 0 saturated carbocycles. The highest BCUT2D eigenvalue weighted by Gasteiger charge is 2.49. The van der Waals surface area contributed by atoms with E-state index in [0.29, 0.717) is 0 Å². The number of nitrogens with one attached hydrogen (secondary N) is 2. The number of aromatic nitrogens is 2. The van der Waals surface area contributed by atoms with Crippen LogP contribution in [0, 0.1) is 11.8 Å². The van der Waals surface area contributed by atoms with Crippen LogP contribution in [-0.2, 0) is 33.3 Å². The number of carbonyl (C=O) groups excluding carboxylic acids is 3. The number of hydrogen-bond donors (Lipinski definition) is 2. The summed E-state index contributed by atoms with van der Waals surface area (Å²) < 4.78 is 58.6. The molecule has 0 aliphatic carbocycles. The zero-order valence-corrected chi connectivity index (χ0v) is 18.1. The van der Waals surface area contributed by atoms with Crippen LogP contribution < -0.4 is 16.6 Å². The Morgan fingerprint density at radius 3 is 2.44 bits per heavy atom. The van der Waals surface area contributed by atoms with Crippen molar-refractivity contribution in [3.05, 3.63) is 32.6 Å². The SMILES string of the molecule is CO[C@@H]1C(OC(C)=O)[C@@H](COC(C)=O)O[C@H]1n1cc(C#CCNC(=O)C(F)(F)F)c(=O)[nH]c1=O. The first-order chi connectivity index (χ1) is 15.8. The van der Waals surface area contributed by atoms with Gasteiger partial charge in [-0.05, 0) is 0 Å². The van der Waals surface area contributed by atoms with E-state index in [2.05, 4.69) is 11.8 Å². The minimum atomic E-state index is -5.09. The highest BCUT2D eigenvalue weighted by Crippen LogP contribution is 2.33. The molecular formula is C19H20F3N3O9. The van der Waals surface area contributed by atoms with Crippen molar-refractivity contribution in [1.29, 1.82) is 0 Å². The Balaban J connectivity index is 2.34. The number of rotatable bonds is 6. The van der Waals surface area contributed by atoms with E-state index in [1.807, 2.05) is 4.98 Å². The lowest BCUT2D eigenvalue weighted by molar-refractivity contribution is -0.173. The molecule has 0 spiro atoms. The predicted octanol–water partition coefficient (Wildman–Crippen LogP) is -1.03. The fourth-order valence-electron chi connectivity index (χ4n) is 2.98. The molecule has 0 bridgehead atoms. The average Bonchev–Trinajstić information content (AvgIpc) is 3.06. The first kappa shape index (κ1) is 26.6. The molecule has 1 fully saturated rings. The van der Waals surface area contributed by atoms with Gasteiger partial charge < -0.3 is 24.3 Å². The summed E-state index contributed by atoms with van der Waals surface area (Å²) in [5.74, 6) is 0.867. The van der Waals surface area contributed by atoms with Gasteiger partial charge in [-0.15, -0.1) is 0 Å². The van der Waals surface area contributed by atoms with E-state index in [9.17, 15) is 37.1 Å². The van der Waals surface area contributed by atoms with Gasteiger partial charge in [-0.3, -0.25) is 28.7 Å². The van der Waals surface area contributed by atoms with E-state index in [1.54, 1.807) is 0 Å². The number of H-pyrrole nitrogens is 1. The molecule has 1 unspecified atom stereocenters. The summed E-state index contributed by atoms with van der Waals surface area (Å²) in [5, 5.41) is 1.51. The monoisotopic (exact) mass is 491 g/mol. The number of ether oxygens (including phenoxy) is 4. The summed E-state index contributed by atoms with van der Waals surface area (Å²) in [6, 6.07) is 0. The van der Waals surface area contributed by atoms with Gasteiger partial charge in [0.15, 0.2) is 12.3 Å². The summed E-state index contributed by atoms with van der Waals surface area (Å²) in [6.45, 7) is 1.21. The molecule has 12 nitrogen and oxygen atoms in total. The number of aromatic amines is 1. The molecule has 1 amide bonds. The van der Waals surface area contributed by atoms with Crippen LogP contribution in [0.4, 0.5) is 13.2 Å². The molecule has 0 aromatic carbocycles. The predicted molar refractivity (Wildman–Crippen MR) is 104 cm³/mol. The van der Waals surface area contributed by atoms with E-state index in [-0.39, 0.29) is 12.2 Å². The Labute approximate surface area is 189 Å². The quantitative estimate of drug-likeness (QED) is 0.376. The van der Waals surface area contributed by atoms with Crippen molar-refractivity contribution in [1.82, 2.24) is 14.9 Å². The van der Waals surface area contributed by atoms with Gasteiger partial charge >= 0.3 is 29.7 Å². The van der Waals surface area contributed by atoms with Crippen molar-refractivity contribution in [3.63, 3.8) is 0 Å². The van der Waals surface area contributed by atoms with E-state index >= 15 is 0 Å². The van der Waals surface area contributed by atoms with Crippen LogP contribution in [0.25, 0.3) is 0 Å². The molecule has 1 aromatic heterocycles. The molecule has 2 rings (SSSR count). The van der Waals surface area contributed by atoms with Crippen molar-refractivity contribution >= 4 is 17.8 Å². The van der Waals surface area contributed by atoms with Crippen LogP contribution in [0.3, 0.4) is 0 Å². The molecule has 1 aromatic rings. The number of methoxy groups -OCH3 is 1. The Hall–Kier alpha value is -3.64. The van der Waals surface area contributed by atoms with E-state index in [1.165, 1.54) is 12.4 Å². The van der Waals surface area contributed by atoms with Gasteiger partial charge in [0.25, 0.3) is 5.56 Å². The number of halogens is 3. The molecule has 186 valence electrons. The van der Waals surface area contributed by atoms with Crippen LogP contribution >= 0.6 is 0 Å². The number of carbonyl (C=O) groups is 3. The first-order valence-corrected chi connectivity index (χ1v) is 9.53. The molecule has 1 saturated heterocycles. The Morgan fingerprint density at radius 2 is 1.88 bits per heavy atom. The number of amides is 1. The van der Waals surface area contributed by atoms with E-state index in [4.69, 9.17) is 18.9 Å². The highest BCUT2D eigenvalue weighted by molar-refractivity contribution is 5.81. The summed E-state index contributed by atoms with van der Waals surface area (Å²) in [6.07, 6.45) is -8.62. The highest BCUT2D eigenvalue weighted by atomic mass is 19.4. The van der Waals surface area contributed by atoms with Crippen LogP contribution in [-0.4, -0.2) is 72.1 Å². The molecule has 2 N–H and O–H groups in total. The molecule has 1 aliphatic heterocycles. The van der Waals surface area contributed by atoms with Crippen molar-refractivity contribution in [2.75, 3.05) is 20.3 Å². The second-order valence-electron chi connectivity index (χ2n) is 6.83. The summed E-state index contributed by atoms with van der Waals surface area (Å²) in [5.41, 5.74) is -2.25. The molecule has 4 atom stereocenters. The van der Waals surface area contributed by atoms with Crippen LogP contribution in [0.2, 0.25) is 0 Å². The van der Waals surface area contributed by atoms with Gasteiger partial charge in [0.1, 0.15) is 24.4 Å². The third-order valence-electron chi connectivity index (χ3n) is 4.37. The van der Waals surface area contributed by atoms with Gasteiger partial charge in [0, 0.05) is 27.2 Å². The van der Waals surface area contributed by atoms with Gasteiger partial charge in [0.05, 0.1) is 6.54 Å². The molecule has 15 heteroatoms. The van der Waals surface area contributed by atoms with E-state index in [0.717, 1.165) is 24.6 Å². The maximum atomic E-state index is 12.4. The topological polar surface area (TPSA) is 155 Å². The zero-order valence-electron chi connectivity index (χ0n) is 18.1. The molecule has 2 heterocycles. The lowest BCUT2D eigenvalue weighted by Crippen LogP contribution is -2.41. The third-order valence-corrected chi connectivity index (χ3v) is 4.37. The fourth-order valence-corrected chi connectivity index (χ4v) is 2.98. The van der Waals surface area contributed by atoms with Gasteiger partial charge in [-0.25, -0.2) is 4.79 Å². The Bertz CT molecular complexity index is 1120. The van der Waals surface area contributed by atoms with Crippen molar-refractivity contribution in [3.8, 4) is 11.8 Å². The van der Waals surface area contributed by atoms with Crippen molar-refractivity contribution in [2.24, 2.45) is 0 Å². The number of alkyl halides is 3. The van der Waals surface area contributed by atoms with E-state index < -0.39 is 66.4 Å². The van der Waals surface area contributed by atoms with Crippen molar-refractivity contribution < 1.29 is 46.5 Å². The molecule has 0 radical (unpaired) electrons. The first-order valence-electron chi connectivity index (χ1n) is 9.53. The lowest BCUT2D eigenvalue weighted by atomic mass is 10.1. The maximum Gasteiger partial charge on any atom is 0.471 e. The minimum Gasteiger partial charge on any atom is -0.463 e. The van der Waals surface area contributed by atoms with Crippen LogP contribution in [0.5, 0.6) is 0 Å². The standard InChI is InChI=1S/C19H20F3N3O9/c1-9(26)32-8-12-13(33-10(2)27)14(31-3)16(34-12)25-7-11(15(28)24-18(25)30)5-4-6-23-17(29)19(20,21)22/h7,12-14,16H,6,8H2,1-3H3,(H,23,29)(H,24,28,30)/t12-,13?,14-,16-/m1/s1. The van der Waals surface area contributed by atoms with Gasteiger partial charge in [-0.1, -0.05) is 11.8 Å². The Kier molecular flexibility index (Phi) is 8.60. The largest absolute Gasteiger partial charge is 0.471 e. The van der Waals surface area contributed by atoms with Crippen LogP contribution in [0.1, 0.15) is 25.6 Å². The molecule has 1 aliphatic rings. The Morgan fingerprint density at radius 1 is 1.21 bits per heavy atom. The summed E-state index contributed by atoms with van der Waals surface area (Å²) in [4.78, 5) is 60.0. The summed E-state index contributed by atoms with van der Waals surface area (Å²) >= 11 is 0. The maximum absolute atomic E-state index is 12.4. The zero-order chi connectivity index (χ0) is 25.6. The molecular weight excluding hydrogens is 471 g/mol. The third kappa shape index (κ3) is 6.68.